The summed E-state index contributed by atoms with van der Waals surface area (Å²) in [4.78, 5) is 4.79. The number of unbranched alkanes of at least 4 members (excludes halogenated alkanes) is 10. The van der Waals surface area contributed by atoms with Crippen molar-refractivity contribution in [2.45, 2.75) is 123 Å². The van der Waals surface area contributed by atoms with Crippen molar-refractivity contribution in [1.82, 2.24) is 4.98 Å². The number of aryl methyl sites for hydroxylation is 2. The minimum absolute atomic E-state index is 0.132. The third-order valence-corrected chi connectivity index (χ3v) is 8.64. The molecule has 1 aliphatic carbocycles. The minimum atomic E-state index is 0.132. The number of nitrogens with zero attached hydrogens (tertiary/aromatic N) is 1. The van der Waals surface area contributed by atoms with Gasteiger partial charge in [-0.1, -0.05) is 133 Å². The molecule has 0 spiro atoms. The van der Waals surface area contributed by atoms with Crippen LogP contribution in [0.1, 0.15) is 126 Å². The van der Waals surface area contributed by atoms with Crippen molar-refractivity contribution in [2.24, 2.45) is 0 Å². The molecule has 1 nitrogen and oxygen atoms in total. The molecule has 198 valence electrons. The molecule has 1 aromatic heterocycles. The van der Waals surface area contributed by atoms with Crippen LogP contribution in [0.5, 0.6) is 0 Å². The smallest absolute Gasteiger partial charge is 0.0702 e. The second-order valence-electron chi connectivity index (χ2n) is 11.6. The van der Waals surface area contributed by atoms with Crippen LogP contribution in [0.25, 0.3) is 22.4 Å². The SMILES string of the molecule is CCCCCCCCC1(CCCCCCCC)c2cc(C)ccc2-c2ccc(-c3ccc(C)cn3)cc21. The van der Waals surface area contributed by atoms with E-state index in [4.69, 9.17) is 4.98 Å². The predicted molar refractivity (Wildman–Crippen MR) is 161 cm³/mol. The summed E-state index contributed by atoms with van der Waals surface area (Å²) in [5.74, 6) is 0. The molecule has 1 heteroatoms. The maximum Gasteiger partial charge on any atom is 0.0702 e. The highest BCUT2D eigenvalue weighted by Crippen LogP contribution is 2.55. The van der Waals surface area contributed by atoms with E-state index in [1.807, 2.05) is 6.20 Å². The summed E-state index contributed by atoms with van der Waals surface area (Å²) in [6.45, 7) is 9.01. The lowest BCUT2D eigenvalue weighted by molar-refractivity contribution is 0.398. The molecule has 1 heterocycles. The highest BCUT2D eigenvalue weighted by Gasteiger charge is 2.42. The van der Waals surface area contributed by atoms with Crippen molar-refractivity contribution in [3.8, 4) is 22.4 Å². The predicted octanol–water partition coefficient (Wildman–Crippen LogP) is 11.1. The van der Waals surface area contributed by atoms with E-state index in [0.717, 1.165) is 5.69 Å². The molecule has 0 saturated carbocycles. The molecule has 0 unspecified atom stereocenters. The van der Waals surface area contributed by atoms with Gasteiger partial charge in [0.15, 0.2) is 0 Å². The van der Waals surface area contributed by atoms with Gasteiger partial charge in [0.1, 0.15) is 0 Å². The van der Waals surface area contributed by atoms with Crippen molar-refractivity contribution in [1.29, 1.82) is 0 Å². The van der Waals surface area contributed by atoms with E-state index in [1.165, 1.54) is 118 Å². The largest absolute Gasteiger partial charge is 0.256 e. The molecule has 0 amide bonds. The second-order valence-corrected chi connectivity index (χ2v) is 11.6. The maximum atomic E-state index is 4.79. The first-order valence-electron chi connectivity index (χ1n) is 15.3. The van der Waals surface area contributed by atoms with E-state index < -0.39 is 0 Å². The Morgan fingerprint density at radius 1 is 0.568 bits per heavy atom. The van der Waals surface area contributed by atoms with Crippen molar-refractivity contribution >= 4 is 0 Å². The number of hydrogen-bond donors (Lipinski definition) is 0. The first-order valence-corrected chi connectivity index (χ1v) is 15.3. The third kappa shape index (κ3) is 6.54. The summed E-state index contributed by atoms with van der Waals surface area (Å²) < 4.78 is 0. The van der Waals surface area contributed by atoms with Gasteiger partial charge in [0, 0.05) is 17.2 Å². The molecule has 0 fully saturated rings. The Morgan fingerprint density at radius 2 is 1.11 bits per heavy atom. The van der Waals surface area contributed by atoms with Gasteiger partial charge in [-0.25, -0.2) is 0 Å². The normalized spacial score (nSPS) is 13.5. The van der Waals surface area contributed by atoms with Gasteiger partial charge in [-0.15, -0.1) is 0 Å². The quantitative estimate of drug-likeness (QED) is 0.191. The molecular formula is C36H49N. The average Bonchev–Trinajstić information content (AvgIpc) is 3.17. The second kappa shape index (κ2) is 13.4. The molecule has 0 radical (unpaired) electrons. The molecule has 0 aliphatic heterocycles. The number of pyridine rings is 1. The molecular weight excluding hydrogens is 446 g/mol. The Labute approximate surface area is 227 Å². The molecule has 0 bridgehead atoms. The van der Waals surface area contributed by atoms with E-state index in [2.05, 4.69) is 76.2 Å². The van der Waals surface area contributed by atoms with Gasteiger partial charge in [0.25, 0.3) is 0 Å². The zero-order valence-electron chi connectivity index (χ0n) is 24.0. The highest BCUT2D eigenvalue weighted by atomic mass is 14.7. The van der Waals surface area contributed by atoms with Crippen molar-refractivity contribution in [3.05, 3.63) is 77.0 Å². The molecule has 0 atom stereocenters. The highest BCUT2D eigenvalue weighted by molar-refractivity contribution is 5.83. The van der Waals surface area contributed by atoms with E-state index >= 15 is 0 Å². The lowest BCUT2D eigenvalue weighted by Crippen LogP contribution is -2.25. The average molecular weight is 496 g/mol. The molecule has 1 aliphatic rings. The van der Waals surface area contributed by atoms with Crippen LogP contribution in [0.2, 0.25) is 0 Å². The fraction of sp³-hybridized carbons (Fsp3) is 0.528. The summed E-state index contributed by atoms with van der Waals surface area (Å²) in [6.07, 6.45) is 20.8. The van der Waals surface area contributed by atoms with E-state index in [1.54, 1.807) is 11.1 Å². The lowest BCUT2D eigenvalue weighted by Gasteiger charge is -2.33. The van der Waals surface area contributed by atoms with Gasteiger partial charge in [-0.2, -0.15) is 0 Å². The minimum Gasteiger partial charge on any atom is -0.256 e. The Bertz CT molecular complexity index is 1110. The fourth-order valence-electron chi connectivity index (χ4n) is 6.48. The van der Waals surface area contributed by atoms with Gasteiger partial charge < -0.3 is 0 Å². The Morgan fingerprint density at radius 3 is 1.70 bits per heavy atom. The molecule has 2 aromatic carbocycles. The van der Waals surface area contributed by atoms with Crippen LogP contribution in [0, 0.1) is 13.8 Å². The van der Waals surface area contributed by atoms with E-state index in [-0.39, 0.29) is 5.41 Å². The fourth-order valence-corrected chi connectivity index (χ4v) is 6.48. The Kier molecular flexibility index (Phi) is 10.0. The van der Waals surface area contributed by atoms with Gasteiger partial charge in [0.2, 0.25) is 0 Å². The van der Waals surface area contributed by atoms with E-state index in [9.17, 15) is 0 Å². The molecule has 4 rings (SSSR count). The summed E-state index contributed by atoms with van der Waals surface area (Å²) in [7, 11) is 0. The van der Waals surface area contributed by atoms with Crippen molar-refractivity contribution in [2.75, 3.05) is 0 Å². The number of benzene rings is 2. The third-order valence-electron chi connectivity index (χ3n) is 8.64. The maximum absolute atomic E-state index is 4.79. The standard InChI is InChI=1S/C36H49N/c1-5-7-9-11-13-15-23-36(24-16-14-12-10-8-6-2)33-25-28(3)17-20-31(33)32-21-19-30(26-34(32)36)35-22-18-29(4)27-37-35/h17-22,25-27H,5-16,23-24H2,1-4H3. The van der Waals surface area contributed by atoms with Crippen LogP contribution >= 0.6 is 0 Å². The van der Waals surface area contributed by atoms with Gasteiger partial charge in [-0.05, 0) is 66.6 Å². The first kappa shape index (κ1) is 27.6. The van der Waals surface area contributed by atoms with Crippen LogP contribution in [-0.2, 0) is 5.41 Å². The van der Waals surface area contributed by atoms with Gasteiger partial charge in [-0.3, -0.25) is 4.98 Å². The molecule has 37 heavy (non-hydrogen) atoms. The van der Waals surface area contributed by atoms with E-state index in [0.29, 0.717) is 0 Å². The van der Waals surface area contributed by atoms with Crippen molar-refractivity contribution < 1.29 is 0 Å². The zero-order valence-corrected chi connectivity index (χ0v) is 24.0. The molecule has 3 aromatic rings. The number of fused-ring (bicyclic) bond motifs is 3. The molecule has 0 N–H and O–H groups in total. The lowest BCUT2D eigenvalue weighted by atomic mass is 9.70. The van der Waals surface area contributed by atoms with Crippen LogP contribution < -0.4 is 0 Å². The Hall–Kier alpha value is -2.41. The number of aromatic nitrogens is 1. The topological polar surface area (TPSA) is 12.9 Å². The van der Waals surface area contributed by atoms with Gasteiger partial charge in [0.05, 0.1) is 5.69 Å². The first-order chi connectivity index (χ1) is 18.1. The summed E-state index contributed by atoms with van der Waals surface area (Å²) in [5, 5.41) is 0. The zero-order chi connectivity index (χ0) is 26.1. The summed E-state index contributed by atoms with van der Waals surface area (Å²) in [6, 6.07) is 18.8. The van der Waals surface area contributed by atoms with Gasteiger partial charge >= 0.3 is 0 Å². The van der Waals surface area contributed by atoms with Crippen LogP contribution in [0.3, 0.4) is 0 Å². The van der Waals surface area contributed by atoms with Crippen LogP contribution in [0.15, 0.2) is 54.7 Å². The monoisotopic (exact) mass is 495 g/mol. The van der Waals surface area contributed by atoms with Crippen LogP contribution in [0.4, 0.5) is 0 Å². The number of rotatable bonds is 15. The van der Waals surface area contributed by atoms with Crippen LogP contribution in [-0.4, -0.2) is 4.98 Å². The summed E-state index contributed by atoms with van der Waals surface area (Å²) >= 11 is 0. The molecule has 0 saturated heterocycles. The Balaban J connectivity index is 1.69. The van der Waals surface area contributed by atoms with Crippen molar-refractivity contribution in [3.63, 3.8) is 0 Å². The number of hydrogen-bond acceptors (Lipinski definition) is 1. The summed E-state index contributed by atoms with van der Waals surface area (Å²) in [5.41, 5.74) is 11.2.